The molecule has 0 fully saturated rings. The Morgan fingerprint density at radius 1 is 0.773 bits per heavy atom. The highest BCUT2D eigenvalue weighted by Crippen LogP contribution is 2.31. The Kier molecular flexibility index (Phi) is 7.46. The molecule has 5 heteroatoms. The molecule has 0 saturated heterocycles. The summed E-state index contributed by atoms with van der Waals surface area (Å²) in [7, 11) is 1.65. The van der Waals surface area contributed by atoms with E-state index >= 15 is 0 Å². The number of halogens is 1. The maximum atomic E-state index is 6.18. The molecular formula is C17H21ClO4. The van der Waals surface area contributed by atoms with Crippen molar-refractivity contribution in [1.29, 1.82) is 0 Å². The Morgan fingerprint density at radius 2 is 1.41 bits per heavy atom. The highest BCUT2D eigenvalue weighted by atomic mass is 35.5. The highest BCUT2D eigenvalue weighted by molar-refractivity contribution is 6.35. The molecular weight excluding hydrogens is 304 g/mol. The summed E-state index contributed by atoms with van der Waals surface area (Å²) >= 11 is 6.18. The molecule has 0 bridgehead atoms. The first kappa shape index (κ1) is 17.0. The molecule has 0 amide bonds. The molecule has 0 aliphatic rings. The number of hydrogen-bond donors (Lipinski definition) is 0. The molecule has 2 rings (SSSR count). The van der Waals surface area contributed by atoms with Crippen molar-refractivity contribution < 1.29 is 18.9 Å². The van der Waals surface area contributed by atoms with E-state index in [9.17, 15) is 0 Å². The quantitative estimate of drug-likeness (QED) is 0.626. The van der Waals surface area contributed by atoms with Gasteiger partial charge in [0.25, 0.3) is 0 Å². The van der Waals surface area contributed by atoms with Crippen LogP contribution in [0.4, 0.5) is 0 Å². The summed E-state index contributed by atoms with van der Waals surface area (Å²) in [5.41, 5.74) is 0. The second-order valence-corrected chi connectivity index (χ2v) is 5.06. The van der Waals surface area contributed by atoms with Crippen LogP contribution in [0.25, 0.3) is 10.8 Å². The second-order valence-electron chi connectivity index (χ2n) is 4.66. The van der Waals surface area contributed by atoms with Crippen molar-refractivity contribution in [3.63, 3.8) is 0 Å². The molecule has 0 radical (unpaired) electrons. The van der Waals surface area contributed by atoms with Crippen molar-refractivity contribution in [2.24, 2.45) is 0 Å². The zero-order chi connectivity index (χ0) is 15.6. The first-order valence-electron chi connectivity index (χ1n) is 7.27. The number of ether oxygens (including phenoxy) is 4. The first-order chi connectivity index (χ1) is 10.8. The van der Waals surface area contributed by atoms with Gasteiger partial charge in [-0.2, -0.15) is 0 Å². The Morgan fingerprint density at radius 3 is 2.14 bits per heavy atom. The molecule has 4 nitrogen and oxygen atoms in total. The number of hydrogen-bond acceptors (Lipinski definition) is 4. The van der Waals surface area contributed by atoms with Crippen LogP contribution in [0.1, 0.15) is 0 Å². The van der Waals surface area contributed by atoms with Gasteiger partial charge >= 0.3 is 0 Å². The number of benzene rings is 2. The van der Waals surface area contributed by atoms with Crippen LogP contribution in [0.2, 0.25) is 5.02 Å². The predicted octanol–water partition coefficient (Wildman–Crippen LogP) is 3.55. The molecule has 0 spiro atoms. The van der Waals surface area contributed by atoms with Gasteiger partial charge in [0.05, 0.1) is 33.0 Å². The second kappa shape index (κ2) is 9.64. The van der Waals surface area contributed by atoms with E-state index in [1.54, 1.807) is 7.11 Å². The molecule has 2 aromatic carbocycles. The zero-order valence-electron chi connectivity index (χ0n) is 12.7. The average Bonchev–Trinajstić information content (AvgIpc) is 2.55. The van der Waals surface area contributed by atoms with E-state index in [1.165, 1.54) is 0 Å². The van der Waals surface area contributed by atoms with Gasteiger partial charge in [-0.3, -0.25) is 0 Å². The van der Waals surface area contributed by atoms with Crippen LogP contribution in [-0.2, 0) is 14.2 Å². The van der Waals surface area contributed by atoms with Crippen LogP contribution in [0.3, 0.4) is 0 Å². The van der Waals surface area contributed by atoms with Gasteiger partial charge in [-0.25, -0.2) is 0 Å². The third kappa shape index (κ3) is 5.14. The molecule has 0 heterocycles. The molecule has 0 atom stereocenters. The Bertz CT molecular complexity index is 574. The minimum absolute atomic E-state index is 0.490. The van der Waals surface area contributed by atoms with E-state index in [2.05, 4.69) is 0 Å². The number of methoxy groups -OCH3 is 1. The predicted molar refractivity (Wildman–Crippen MR) is 88.0 cm³/mol. The molecule has 0 saturated carbocycles. The highest BCUT2D eigenvalue weighted by Gasteiger charge is 2.04. The van der Waals surface area contributed by atoms with Crippen molar-refractivity contribution in [2.45, 2.75) is 0 Å². The monoisotopic (exact) mass is 324 g/mol. The lowest BCUT2D eigenvalue weighted by molar-refractivity contribution is 0.0181. The summed E-state index contributed by atoms with van der Waals surface area (Å²) in [6.45, 7) is 3.32. The zero-order valence-corrected chi connectivity index (χ0v) is 13.5. The van der Waals surface area contributed by atoms with E-state index in [-0.39, 0.29) is 0 Å². The molecule has 0 unspecified atom stereocenters. The largest absolute Gasteiger partial charge is 0.491 e. The standard InChI is InChI=1S/C17H21ClO4/c1-19-8-9-20-10-11-21-12-13-22-17-7-6-16(18)14-4-2-3-5-15(14)17/h2-7H,8-13H2,1H3. The maximum absolute atomic E-state index is 6.18. The maximum Gasteiger partial charge on any atom is 0.127 e. The van der Waals surface area contributed by atoms with Crippen molar-refractivity contribution in [3.05, 3.63) is 41.4 Å². The SMILES string of the molecule is COCCOCCOCCOc1ccc(Cl)c2ccccc12. The molecule has 0 aliphatic heterocycles. The topological polar surface area (TPSA) is 36.9 Å². The van der Waals surface area contributed by atoms with Gasteiger partial charge in [-0.15, -0.1) is 0 Å². The van der Waals surface area contributed by atoms with Crippen LogP contribution in [0.5, 0.6) is 5.75 Å². The van der Waals surface area contributed by atoms with E-state index in [4.69, 9.17) is 30.5 Å². The third-order valence-corrected chi connectivity index (χ3v) is 3.45. The first-order valence-corrected chi connectivity index (χ1v) is 7.65. The van der Waals surface area contributed by atoms with E-state index in [1.807, 2.05) is 36.4 Å². The molecule has 120 valence electrons. The summed E-state index contributed by atoms with van der Waals surface area (Å²) < 4.78 is 21.4. The van der Waals surface area contributed by atoms with Crippen molar-refractivity contribution in [3.8, 4) is 5.75 Å². The Balaban J connectivity index is 1.71. The summed E-state index contributed by atoms with van der Waals surface area (Å²) in [5, 5.41) is 2.74. The fourth-order valence-electron chi connectivity index (χ4n) is 2.04. The summed E-state index contributed by atoms with van der Waals surface area (Å²) in [4.78, 5) is 0. The fraction of sp³-hybridized carbons (Fsp3) is 0.412. The molecule has 22 heavy (non-hydrogen) atoms. The average molecular weight is 325 g/mol. The van der Waals surface area contributed by atoms with E-state index in [0.717, 1.165) is 21.5 Å². The van der Waals surface area contributed by atoms with Gasteiger partial charge in [0, 0.05) is 22.9 Å². The van der Waals surface area contributed by atoms with E-state index < -0.39 is 0 Å². The van der Waals surface area contributed by atoms with Crippen LogP contribution in [0, 0.1) is 0 Å². The lowest BCUT2D eigenvalue weighted by atomic mass is 10.1. The van der Waals surface area contributed by atoms with Crippen molar-refractivity contribution in [2.75, 3.05) is 46.8 Å². The van der Waals surface area contributed by atoms with Gasteiger partial charge in [-0.05, 0) is 12.1 Å². The van der Waals surface area contributed by atoms with E-state index in [0.29, 0.717) is 39.6 Å². The third-order valence-electron chi connectivity index (χ3n) is 3.12. The smallest absolute Gasteiger partial charge is 0.127 e. The van der Waals surface area contributed by atoms with Gasteiger partial charge in [0.15, 0.2) is 0 Å². The van der Waals surface area contributed by atoms with Crippen molar-refractivity contribution >= 4 is 22.4 Å². The lowest BCUT2D eigenvalue weighted by Crippen LogP contribution is -2.12. The van der Waals surface area contributed by atoms with Gasteiger partial charge < -0.3 is 18.9 Å². The Labute approximate surface area is 135 Å². The minimum Gasteiger partial charge on any atom is -0.491 e. The fourth-order valence-corrected chi connectivity index (χ4v) is 2.26. The molecule has 0 aliphatic carbocycles. The summed E-state index contributed by atoms with van der Waals surface area (Å²) in [6.07, 6.45) is 0. The molecule has 0 aromatic heterocycles. The van der Waals surface area contributed by atoms with Crippen LogP contribution >= 0.6 is 11.6 Å². The van der Waals surface area contributed by atoms with Crippen LogP contribution in [0.15, 0.2) is 36.4 Å². The molecule has 2 aromatic rings. The number of fused-ring (bicyclic) bond motifs is 1. The number of rotatable bonds is 10. The van der Waals surface area contributed by atoms with Crippen LogP contribution in [-0.4, -0.2) is 46.8 Å². The van der Waals surface area contributed by atoms with Crippen LogP contribution < -0.4 is 4.74 Å². The van der Waals surface area contributed by atoms with Gasteiger partial charge in [0.2, 0.25) is 0 Å². The lowest BCUT2D eigenvalue weighted by Gasteiger charge is -2.11. The summed E-state index contributed by atoms with van der Waals surface area (Å²) in [5.74, 6) is 0.819. The molecule has 0 N–H and O–H groups in total. The normalized spacial score (nSPS) is 11.0. The van der Waals surface area contributed by atoms with Gasteiger partial charge in [0.1, 0.15) is 12.4 Å². The summed E-state index contributed by atoms with van der Waals surface area (Å²) in [6, 6.07) is 11.7. The van der Waals surface area contributed by atoms with Crippen molar-refractivity contribution in [1.82, 2.24) is 0 Å². The minimum atomic E-state index is 0.490. The van der Waals surface area contributed by atoms with Gasteiger partial charge in [-0.1, -0.05) is 35.9 Å². The Hall–Kier alpha value is -1.33.